The van der Waals surface area contributed by atoms with Crippen molar-refractivity contribution in [1.29, 1.82) is 0 Å². The molecule has 2 rings (SSSR count). The average molecular weight is 361 g/mol. The fraction of sp³-hybridized carbons (Fsp3) is 0.214. The number of rotatable bonds is 4. The van der Waals surface area contributed by atoms with Crippen molar-refractivity contribution in [1.82, 2.24) is 5.32 Å². The molecule has 0 aliphatic heterocycles. The van der Waals surface area contributed by atoms with Gasteiger partial charge in [0.05, 0.1) is 6.54 Å². The van der Waals surface area contributed by atoms with Crippen LogP contribution in [0, 0.1) is 0 Å². The Balaban J connectivity index is 2.04. The summed E-state index contributed by atoms with van der Waals surface area (Å²) >= 11 is 3.43. The second-order valence-electron chi connectivity index (χ2n) is 4.39. The van der Waals surface area contributed by atoms with Gasteiger partial charge in [0, 0.05) is 15.5 Å². The van der Waals surface area contributed by atoms with Crippen molar-refractivity contribution in [2.75, 3.05) is 18.4 Å². The highest BCUT2D eigenvalue weighted by atomic mass is 79.9. The minimum Gasteiger partial charge on any atom is -0.376 e. The van der Waals surface area contributed by atoms with Crippen molar-refractivity contribution in [2.45, 2.75) is 6.18 Å². The maximum Gasteiger partial charge on any atom is 0.405 e. The van der Waals surface area contributed by atoms with Gasteiger partial charge in [0.1, 0.15) is 6.54 Å². The molecule has 112 valence electrons. The molecule has 0 fully saturated rings. The van der Waals surface area contributed by atoms with Gasteiger partial charge in [0.15, 0.2) is 0 Å². The van der Waals surface area contributed by atoms with E-state index in [0.29, 0.717) is 5.69 Å². The Kier molecular flexibility index (Phi) is 4.72. The molecule has 0 heterocycles. The molecule has 1 amide bonds. The first-order valence-electron chi connectivity index (χ1n) is 6.11. The summed E-state index contributed by atoms with van der Waals surface area (Å²) in [5.74, 6) is -0.709. The van der Waals surface area contributed by atoms with Crippen LogP contribution in [0.25, 0.3) is 10.8 Å². The summed E-state index contributed by atoms with van der Waals surface area (Å²) in [6, 6.07) is 11.1. The summed E-state index contributed by atoms with van der Waals surface area (Å²) in [5.41, 5.74) is 0.691. The third kappa shape index (κ3) is 4.35. The van der Waals surface area contributed by atoms with Crippen LogP contribution >= 0.6 is 15.9 Å². The summed E-state index contributed by atoms with van der Waals surface area (Å²) in [6.45, 7) is -1.55. The summed E-state index contributed by atoms with van der Waals surface area (Å²) in [5, 5.41) is 6.51. The lowest BCUT2D eigenvalue weighted by Gasteiger charge is -2.12. The lowest BCUT2D eigenvalue weighted by atomic mass is 10.1. The van der Waals surface area contributed by atoms with E-state index >= 15 is 0 Å². The summed E-state index contributed by atoms with van der Waals surface area (Å²) in [6.07, 6.45) is -4.40. The van der Waals surface area contributed by atoms with Crippen molar-refractivity contribution in [3.63, 3.8) is 0 Å². The highest BCUT2D eigenvalue weighted by Crippen LogP contribution is 2.29. The van der Waals surface area contributed by atoms with Gasteiger partial charge in [-0.25, -0.2) is 0 Å². The number of amides is 1. The van der Waals surface area contributed by atoms with Crippen molar-refractivity contribution < 1.29 is 18.0 Å². The van der Waals surface area contributed by atoms with Crippen molar-refractivity contribution in [3.05, 3.63) is 40.9 Å². The molecule has 0 radical (unpaired) electrons. The molecule has 0 bridgehead atoms. The van der Waals surface area contributed by atoms with E-state index in [1.165, 1.54) is 0 Å². The standard InChI is InChI=1S/C14H12BrF3N2O/c15-11-5-6-12(10-4-2-1-3-9(10)11)19-7-13(21)20-8-14(16,17)18/h1-6,19H,7-8H2,(H,20,21). The number of halogens is 4. The van der Waals surface area contributed by atoms with Crippen LogP contribution in [0.3, 0.4) is 0 Å². The Labute approximate surface area is 127 Å². The van der Waals surface area contributed by atoms with Crippen LogP contribution in [0.4, 0.5) is 18.9 Å². The van der Waals surface area contributed by atoms with Crippen molar-refractivity contribution in [2.24, 2.45) is 0 Å². The minimum atomic E-state index is -4.40. The molecule has 0 aliphatic rings. The lowest BCUT2D eigenvalue weighted by molar-refractivity contribution is -0.137. The molecule has 7 heteroatoms. The van der Waals surface area contributed by atoms with E-state index in [1.807, 2.05) is 35.6 Å². The van der Waals surface area contributed by atoms with Crippen LogP contribution in [-0.4, -0.2) is 25.2 Å². The van der Waals surface area contributed by atoms with Gasteiger partial charge in [-0.1, -0.05) is 40.2 Å². The molecular weight excluding hydrogens is 349 g/mol. The fourth-order valence-electron chi connectivity index (χ4n) is 1.85. The zero-order chi connectivity index (χ0) is 15.5. The predicted molar refractivity (Wildman–Crippen MR) is 79.2 cm³/mol. The third-order valence-electron chi connectivity index (χ3n) is 2.80. The van der Waals surface area contributed by atoms with E-state index in [1.54, 1.807) is 6.07 Å². The average Bonchev–Trinajstić information content (AvgIpc) is 2.44. The first-order chi connectivity index (χ1) is 9.87. The van der Waals surface area contributed by atoms with Crippen LogP contribution in [0.1, 0.15) is 0 Å². The first kappa shape index (κ1) is 15.6. The molecule has 0 unspecified atom stereocenters. The van der Waals surface area contributed by atoms with Gasteiger partial charge in [-0.05, 0) is 17.5 Å². The molecule has 3 nitrogen and oxygen atoms in total. The summed E-state index contributed by atoms with van der Waals surface area (Å²) < 4.78 is 36.9. The van der Waals surface area contributed by atoms with Gasteiger partial charge in [-0.3, -0.25) is 4.79 Å². The second-order valence-corrected chi connectivity index (χ2v) is 5.24. The number of benzene rings is 2. The van der Waals surface area contributed by atoms with Crippen LogP contribution in [0.15, 0.2) is 40.9 Å². The number of carbonyl (C=O) groups is 1. The molecule has 0 saturated heterocycles. The highest BCUT2D eigenvalue weighted by Gasteiger charge is 2.27. The molecule has 2 aromatic carbocycles. The zero-order valence-corrected chi connectivity index (χ0v) is 12.4. The second kappa shape index (κ2) is 6.34. The number of carbonyl (C=O) groups excluding carboxylic acids is 1. The van der Waals surface area contributed by atoms with E-state index in [-0.39, 0.29) is 6.54 Å². The van der Waals surface area contributed by atoms with Gasteiger partial charge in [-0.2, -0.15) is 13.2 Å². The fourth-order valence-corrected chi connectivity index (χ4v) is 2.33. The van der Waals surface area contributed by atoms with Gasteiger partial charge in [0.2, 0.25) is 5.91 Å². The topological polar surface area (TPSA) is 41.1 Å². The monoisotopic (exact) mass is 360 g/mol. The van der Waals surface area contributed by atoms with Gasteiger partial charge < -0.3 is 10.6 Å². The van der Waals surface area contributed by atoms with Crippen LogP contribution in [0.2, 0.25) is 0 Å². The van der Waals surface area contributed by atoms with Crippen molar-refractivity contribution in [3.8, 4) is 0 Å². The van der Waals surface area contributed by atoms with E-state index in [4.69, 9.17) is 0 Å². The van der Waals surface area contributed by atoms with E-state index in [2.05, 4.69) is 21.2 Å². The normalized spacial score (nSPS) is 11.4. The van der Waals surface area contributed by atoms with Crippen LogP contribution in [-0.2, 0) is 4.79 Å². The predicted octanol–water partition coefficient (Wildman–Crippen LogP) is 3.69. The Morgan fingerprint density at radius 1 is 1.10 bits per heavy atom. The number of fused-ring (bicyclic) bond motifs is 1. The minimum absolute atomic E-state index is 0.221. The molecule has 2 N–H and O–H groups in total. The van der Waals surface area contributed by atoms with Gasteiger partial charge in [-0.15, -0.1) is 0 Å². The Hall–Kier alpha value is -1.76. The Morgan fingerprint density at radius 3 is 2.43 bits per heavy atom. The molecule has 2 aromatic rings. The summed E-state index contributed by atoms with van der Waals surface area (Å²) in [4.78, 5) is 11.4. The maximum absolute atomic E-state index is 12.0. The third-order valence-corrected chi connectivity index (χ3v) is 3.49. The molecule has 0 aromatic heterocycles. The molecule has 21 heavy (non-hydrogen) atoms. The van der Waals surface area contributed by atoms with Crippen LogP contribution in [0.5, 0.6) is 0 Å². The quantitative estimate of drug-likeness (QED) is 0.872. The number of nitrogens with one attached hydrogen (secondary N) is 2. The Bertz CT molecular complexity index is 658. The van der Waals surface area contributed by atoms with Gasteiger partial charge in [0.25, 0.3) is 0 Å². The largest absolute Gasteiger partial charge is 0.405 e. The number of hydrogen-bond acceptors (Lipinski definition) is 2. The first-order valence-corrected chi connectivity index (χ1v) is 6.91. The van der Waals surface area contributed by atoms with Crippen LogP contribution < -0.4 is 10.6 Å². The highest BCUT2D eigenvalue weighted by molar-refractivity contribution is 9.10. The molecule has 0 saturated carbocycles. The van der Waals surface area contributed by atoms with E-state index in [9.17, 15) is 18.0 Å². The van der Waals surface area contributed by atoms with Crippen molar-refractivity contribution >= 4 is 38.3 Å². The van der Waals surface area contributed by atoms with E-state index < -0.39 is 18.6 Å². The number of hydrogen-bond donors (Lipinski definition) is 2. The number of anilines is 1. The Morgan fingerprint density at radius 2 is 1.76 bits per heavy atom. The molecule has 0 aliphatic carbocycles. The maximum atomic E-state index is 12.0. The zero-order valence-electron chi connectivity index (χ0n) is 10.8. The molecule has 0 atom stereocenters. The summed E-state index contributed by atoms with van der Waals surface area (Å²) in [7, 11) is 0. The lowest BCUT2D eigenvalue weighted by Crippen LogP contribution is -2.37. The molecular formula is C14H12BrF3N2O. The number of alkyl halides is 3. The van der Waals surface area contributed by atoms with E-state index in [0.717, 1.165) is 15.2 Å². The smallest absolute Gasteiger partial charge is 0.376 e. The SMILES string of the molecule is O=C(CNc1ccc(Br)c2ccccc12)NCC(F)(F)F. The molecule has 0 spiro atoms. The van der Waals surface area contributed by atoms with Gasteiger partial charge >= 0.3 is 6.18 Å².